The summed E-state index contributed by atoms with van der Waals surface area (Å²) in [6.45, 7) is 0. The van der Waals surface area contributed by atoms with Crippen molar-refractivity contribution in [3.05, 3.63) is 21.2 Å². The Morgan fingerprint density at radius 3 is 2.82 bits per heavy atom. The van der Waals surface area contributed by atoms with Gasteiger partial charge in [-0.2, -0.15) is 5.10 Å². The smallest absolute Gasteiger partial charge is 0.254 e. The number of hydrogen-bond acceptors (Lipinski definition) is 4. The van der Waals surface area contributed by atoms with Crippen molar-refractivity contribution < 1.29 is 4.79 Å². The molecule has 1 aliphatic carbocycles. The van der Waals surface area contributed by atoms with Crippen LogP contribution in [-0.2, 0) is 0 Å². The highest BCUT2D eigenvalue weighted by atomic mass is 127. The molecule has 1 aliphatic rings. The number of anilines is 1. The lowest BCUT2D eigenvalue weighted by Crippen LogP contribution is -2.16. The molecule has 2 heterocycles. The summed E-state index contributed by atoms with van der Waals surface area (Å²) >= 11 is 2.05. The van der Waals surface area contributed by atoms with Crippen molar-refractivity contribution in [1.82, 2.24) is 14.6 Å². The van der Waals surface area contributed by atoms with Gasteiger partial charge in [0.05, 0.1) is 9.26 Å². The molecular weight excluding hydrogens is 333 g/mol. The number of carbonyl (C=O) groups excluding carboxylic acids is 1. The normalized spacial score (nSPS) is 15.4. The van der Waals surface area contributed by atoms with Gasteiger partial charge in [0.2, 0.25) is 0 Å². The van der Waals surface area contributed by atoms with Crippen LogP contribution < -0.4 is 11.5 Å². The summed E-state index contributed by atoms with van der Waals surface area (Å²) < 4.78 is 2.34. The van der Waals surface area contributed by atoms with Crippen LogP contribution in [0.1, 0.15) is 34.9 Å². The number of pyridine rings is 1. The lowest BCUT2D eigenvalue weighted by atomic mass is 10.2. The van der Waals surface area contributed by atoms with Crippen LogP contribution in [0, 0.1) is 3.57 Å². The molecule has 0 aromatic carbocycles. The first kappa shape index (κ1) is 10.8. The molecule has 2 aromatic rings. The summed E-state index contributed by atoms with van der Waals surface area (Å²) in [4.78, 5) is 15.8. The van der Waals surface area contributed by atoms with Gasteiger partial charge in [0.25, 0.3) is 5.91 Å². The number of nitrogens with two attached hydrogens (primary N) is 2. The third-order valence-electron chi connectivity index (χ3n) is 2.82. The van der Waals surface area contributed by atoms with Gasteiger partial charge in [-0.1, -0.05) is 0 Å². The highest BCUT2D eigenvalue weighted by Gasteiger charge is 2.29. The van der Waals surface area contributed by atoms with E-state index in [1.165, 1.54) is 0 Å². The maximum Gasteiger partial charge on any atom is 0.254 e. The van der Waals surface area contributed by atoms with Crippen LogP contribution in [0.5, 0.6) is 0 Å². The number of fused-ring (bicyclic) bond motifs is 1. The minimum Gasteiger partial charge on any atom is -0.397 e. The number of hydrogen-bond donors (Lipinski definition) is 2. The molecule has 0 bridgehead atoms. The van der Waals surface area contributed by atoms with Crippen LogP contribution in [0.2, 0.25) is 0 Å². The second kappa shape index (κ2) is 3.56. The maximum absolute atomic E-state index is 11.4. The fourth-order valence-corrected chi connectivity index (χ4v) is 2.31. The molecular formula is C10H10IN5O. The van der Waals surface area contributed by atoms with Gasteiger partial charge in [0, 0.05) is 12.1 Å². The predicted octanol–water partition coefficient (Wildman–Crippen LogP) is 0.892. The standard InChI is InChI=1S/C10H10IN5O/c11-5-3-16-10(6(7(5)12)8(13)17)14-9(15-16)4-1-2-4/h3-4H,1-2,12H2,(H2,13,17). The van der Waals surface area contributed by atoms with Crippen LogP contribution in [0.15, 0.2) is 6.20 Å². The molecule has 2 aromatic heterocycles. The van der Waals surface area contributed by atoms with Gasteiger partial charge in [0.1, 0.15) is 5.56 Å². The number of primary amides is 1. The van der Waals surface area contributed by atoms with Crippen molar-refractivity contribution in [2.24, 2.45) is 5.73 Å². The summed E-state index contributed by atoms with van der Waals surface area (Å²) in [6, 6.07) is 0. The van der Waals surface area contributed by atoms with E-state index in [1.54, 1.807) is 10.7 Å². The Balaban J connectivity index is 2.32. The molecule has 0 spiro atoms. The van der Waals surface area contributed by atoms with Gasteiger partial charge < -0.3 is 11.5 Å². The van der Waals surface area contributed by atoms with Crippen LogP contribution in [0.3, 0.4) is 0 Å². The molecule has 17 heavy (non-hydrogen) atoms. The number of halogens is 1. The number of amides is 1. The zero-order chi connectivity index (χ0) is 12.2. The molecule has 1 saturated carbocycles. The number of rotatable bonds is 2. The zero-order valence-electron chi connectivity index (χ0n) is 8.85. The van der Waals surface area contributed by atoms with E-state index in [-0.39, 0.29) is 5.56 Å². The molecule has 1 fully saturated rings. The maximum atomic E-state index is 11.4. The van der Waals surface area contributed by atoms with Crippen LogP contribution in [0.25, 0.3) is 5.65 Å². The monoisotopic (exact) mass is 343 g/mol. The minimum atomic E-state index is -0.569. The molecule has 3 rings (SSSR count). The molecule has 0 radical (unpaired) electrons. The third-order valence-corrected chi connectivity index (χ3v) is 3.68. The SMILES string of the molecule is NC(=O)c1c(N)c(I)cn2nc(C3CC3)nc12. The lowest BCUT2D eigenvalue weighted by molar-refractivity contribution is 0.100. The average molecular weight is 343 g/mol. The van der Waals surface area contributed by atoms with E-state index in [4.69, 9.17) is 11.5 Å². The highest BCUT2D eigenvalue weighted by molar-refractivity contribution is 14.1. The Labute approximate surface area is 111 Å². The van der Waals surface area contributed by atoms with Gasteiger partial charge in [0.15, 0.2) is 11.5 Å². The number of nitrogen functional groups attached to an aromatic ring is 1. The molecule has 7 heteroatoms. The highest BCUT2D eigenvalue weighted by Crippen LogP contribution is 2.38. The summed E-state index contributed by atoms with van der Waals surface area (Å²) in [5.74, 6) is 0.629. The largest absolute Gasteiger partial charge is 0.397 e. The molecule has 4 N–H and O–H groups in total. The Morgan fingerprint density at radius 2 is 2.24 bits per heavy atom. The third kappa shape index (κ3) is 1.65. The first-order valence-electron chi connectivity index (χ1n) is 5.22. The minimum absolute atomic E-state index is 0.260. The van der Waals surface area contributed by atoms with Gasteiger partial charge >= 0.3 is 0 Å². The summed E-state index contributed by atoms with van der Waals surface area (Å²) in [7, 11) is 0. The summed E-state index contributed by atoms with van der Waals surface area (Å²) in [5.41, 5.74) is 12.3. The topological polar surface area (TPSA) is 99.3 Å². The summed E-state index contributed by atoms with van der Waals surface area (Å²) in [6.07, 6.45) is 3.97. The average Bonchev–Trinajstić information content (AvgIpc) is 3.02. The number of nitrogens with zero attached hydrogens (tertiary/aromatic N) is 3. The second-order valence-electron chi connectivity index (χ2n) is 4.14. The Kier molecular flexibility index (Phi) is 2.25. The van der Waals surface area contributed by atoms with Gasteiger partial charge in [-0.25, -0.2) is 9.50 Å². The zero-order valence-corrected chi connectivity index (χ0v) is 11.0. The van der Waals surface area contributed by atoms with Crippen LogP contribution >= 0.6 is 22.6 Å². The molecule has 0 saturated heterocycles. The Hall–Kier alpha value is -1.38. The number of aromatic nitrogens is 3. The molecule has 88 valence electrons. The molecule has 0 atom stereocenters. The van der Waals surface area contributed by atoms with Gasteiger partial charge in [-0.15, -0.1) is 0 Å². The molecule has 1 amide bonds. The van der Waals surface area contributed by atoms with Crippen molar-refractivity contribution in [2.45, 2.75) is 18.8 Å². The first-order chi connectivity index (χ1) is 8.08. The lowest BCUT2D eigenvalue weighted by Gasteiger charge is -2.04. The van der Waals surface area contributed by atoms with E-state index in [2.05, 4.69) is 32.7 Å². The van der Waals surface area contributed by atoms with Crippen LogP contribution in [0.4, 0.5) is 5.69 Å². The first-order valence-corrected chi connectivity index (χ1v) is 6.30. The van der Waals surface area contributed by atoms with E-state index in [0.29, 0.717) is 17.3 Å². The quantitative estimate of drug-likeness (QED) is 0.791. The van der Waals surface area contributed by atoms with Gasteiger partial charge in [-0.05, 0) is 35.4 Å². The van der Waals surface area contributed by atoms with E-state index < -0.39 is 5.91 Å². The Bertz CT molecular complexity index is 631. The van der Waals surface area contributed by atoms with Crippen molar-refractivity contribution in [1.29, 1.82) is 0 Å². The molecule has 0 aliphatic heterocycles. The fraction of sp³-hybridized carbons (Fsp3) is 0.300. The number of carbonyl (C=O) groups is 1. The molecule has 6 nitrogen and oxygen atoms in total. The second-order valence-corrected chi connectivity index (χ2v) is 5.30. The van der Waals surface area contributed by atoms with Gasteiger partial charge in [-0.3, -0.25) is 4.79 Å². The van der Waals surface area contributed by atoms with Crippen LogP contribution in [-0.4, -0.2) is 20.5 Å². The van der Waals surface area contributed by atoms with E-state index in [0.717, 1.165) is 22.2 Å². The Morgan fingerprint density at radius 1 is 1.53 bits per heavy atom. The van der Waals surface area contributed by atoms with Crippen molar-refractivity contribution in [3.8, 4) is 0 Å². The van der Waals surface area contributed by atoms with Crippen molar-refractivity contribution in [2.75, 3.05) is 5.73 Å². The predicted molar refractivity (Wildman–Crippen MR) is 70.6 cm³/mol. The fourth-order valence-electron chi connectivity index (χ4n) is 1.77. The molecule has 0 unspecified atom stereocenters. The van der Waals surface area contributed by atoms with E-state index in [1.807, 2.05) is 0 Å². The van der Waals surface area contributed by atoms with Crippen molar-refractivity contribution in [3.63, 3.8) is 0 Å². The van der Waals surface area contributed by atoms with Crippen molar-refractivity contribution >= 4 is 39.8 Å². The summed E-state index contributed by atoms with van der Waals surface area (Å²) in [5, 5.41) is 4.36. The van der Waals surface area contributed by atoms with E-state index >= 15 is 0 Å². The van der Waals surface area contributed by atoms with E-state index in [9.17, 15) is 4.79 Å².